The zero-order valence-corrected chi connectivity index (χ0v) is 18.5. The molecule has 0 saturated heterocycles. The van der Waals surface area contributed by atoms with E-state index in [1.807, 2.05) is 43.3 Å². The lowest BCUT2D eigenvalue weighted by Crippen LogP contribution is -2.31. The minimum atomic E-state index is -1.11. The quantitative estimate of drug-likeness (QED) is 0.428. The van der Waals surface area contributed by atoms with Crippen molar-refractivity contribution in [1.29, 1.82) is 0 Å². The van der Waals surface area contributed by atoms with Gasteiger partial charge >= 0.3 is 0 Å². The topological polar surface area (TPSA) is 75.8 Å². The molecule has 1 atom stereocenters. The zero-order chi connectivity index (χ0) is 22.0. The molecule has 2 aromatic rings. The van der Waals surface area contributed by atoms with Crippen LogP contribution in [-0.4, -0.2) is 21.7 Å². The second-order valence-corrected chi connectivity index (χ2v) is 9.14. The van der Waals surface area contributed by atoms with E-state index in [4.69, 9.17) is 5.73 Å². The number of amides is 1. The normalized spacial score (nSPS) is 15.6. The van der Waals surface area contributed by atoms with E-state index < -0.39 is 10.8 Å². The number of carbonyl (C=O) groups is 1. The van der Waals surface area contributed by atoms with Crippen molar-refractivity contribution in [3.8, 4) is 0 Å². The largest absolute Gasteiger partial charge is 0.383 e. The van der Waals surface area contributed by atoms with Gasteiger partial charge in [-0.1, -0.05) is 37.4 Å². The number of benzene rings is 2. The molecule has 0 aromatic heterocycles. The predicted octanol–water partition coefficient (Wildman–Crippen LogP) is 4.33. The molecule has 1 amide bonds. The minimum absolute atomic E-state index is 0.195. The number of nitrogens with two attached hydrogens (primary N) is 1. The van der Waals surface area contributed by atoms with Crippen molar-refractivity contribution >= 4 is 33.9 Å². The number of rotatable bonds is 6. The molecule has 0 spiro atoms. The standard InChI is InChI=1S/C24H27N3O2S/c1-15(2)23(25)26-20-13-18(10-9-17(20)5)14-27(24(28)16(3)4)21-8-6-7-19-11-12-30(29)22(19)21/h6-10,13H,1,3,11-12,14H2,2,4-5H3,(H2,25,26). The zero-order valence-electron chi connectivity index (χ0n) is 17.7. The highest BCUT2D eigenvalue weighted by Gasteiger charge is 2.27. The second kappa shape index (κ2) is 8.79. The van der Waals surface area contributed by atoms with Gasteiger partial charge in [0.05, 0.1) is 33.6 Å². The summed E-state index contributed by atoms with van der Waals surface area (Å²) in [6.45, 7) is 13.4. The average molecular weight is 422 g/mol. The van der Waals surface area contributed by atoms with Crippen LogP contribution >= 0.6 is 0 Å². The Bertz CT molecular complexity index is 1100. The van der Waals surface area contributed by atoms with Crippen LogP contribution in [0.5, 0.6) is 0 Å². The van der Waals surface area contributed by atoms with Crippen LogP contribution in [0.15, 0.2) is 70.6 Å². The first-order chi connectivity index (χ1) is 14.2. The summed E-state index contributed by atoms with van der Waals surface area (Å²) < 4.78 is 12.6. The van der Waals surface area contributed by atoms with Crippen molar-refractivity contribution in [2.45, 2.75) is 38.6 Å². The first kappa shape index (κ1) is 21.7. The van der Waals surface area contributed by atoms with Gasteiger partial charge in [-0.05, 0) is 61.6 Å². The average Bonchev–Trinajstić information content (AvgIpc) is 3.09. The van der Waals surface area contributed by atoms with Crippen molar-refractivity contribution in [2.24, 2.45) is 10.7 Å². The van der Waals surface area contributed by atoms with E-state index in [1.54, 1.807) is 18.7 Å². The van der Waals surface area contributed by atoms with Gasteiger partial charge in [0.1, 0.15) is 5.84 Å². The van der Waals surface area contributed by atoms with E-state index in [1.165, 1.54) is 0 Å². The van der Waals surface area contributed by atoms with Crippen molar-refractivity contribution in [1.82, 2.24) is 0 Å². The van der Waals surface area contributed by atoms with Gasteiger partial charge in [0.15, 0.2) is 0 Å². The maximum Gasteiger partial charge on any atom is 0.253 e. The molecule has 156 valence electrons. The highest BCUT2D eigenvalue weighted by Crippen LogP contribution is 2.34. The Morgan fingerprint density at radius 3 is 2.60 bits per heavy atom. The first-order valence-electron chi connectivity index (χ1n) is 9.76. The van der Waals surface area contributed by atoms with Gasteiger partial charge in [0, 0.05) is 11.3 Å². The number of hydrogen-bond donors (Lipinski definition) is 1. The van der Waals surface area contributed by atoms with E-state index in [9.17, 15) is 9.00 Å². The highest BCUT2D eigenvalue weighted by molar-refractivity contribution is 7.85. The van der Waals surface area contributed by atoms with E-state index >= 15 is 0 Å². The van der Waals surface area contributed by atoms with Gasteiger partial charge < -0.3 is 10.6 Å². The molecule has 0 bridgehead atoms. The number of fused-ring (bicyclic) bond motifs is 1. The summed E-state index contributed by atoms with van der Waals surface area (Å²) in [4.78, 5) is 19.9. The van der Waals surface area contributed by atoms with Crippen LogP contribution in [0.3, 0.4) is 0 Å². The molecule has 0 radical (unpaired) electrons. The fourth-order valence-electron chi connectivity index (χ4n) is 3.33. The lowest BCUT2D eigenvalue weighted by molar-refractivity contribution is -0.115. The monoisotopic (exact) mass is 421 g/mol. The Balaban J connectivity index is 2.05. The van der Waals surface area contributed by atoms with Crippen LogP contribution in [0.4, 0.5) is 11.4 Å². The number of amidine groups is 1. The lowest BCUT2D eigenvalue weighted by Gasteiger charge is -2.25. The van der Waals surface area contributed by atoms with Gasteiger partial charge in [-0.15, -0.1) is 0 Å². The lowest BCUT2D eigenvalue weighted by atomic mass is 10.1. The third-order valence-corrected chi connectivity index (χ3v) is 6.56. The molecule has 1 aliphatic rings. The Kier molecular flexibility index (Phi) is 6.37. The Labute approximate surface area is 180 Å². The molecular weight excluding hydrogens is 394 g/mol. The molecule has 0 fully saturated rings. The molecular formula is C24H27N3O2S. The Hall–Kier alpha value is -2.99. The number of anilines is 1. The maximum absolute atomic E-state index is 13.0. The fourth-order valence-corrected chi connectivity index (χ4v) is 4.81. The maximum atomic E-state index is 13.0. The fraction of sp³-hybridized carbons (Fsp3) is 0.250. The van der Waals surface area contributed by atoms with E-state index in [-0.39, 0.29) is 5.91 Å². The molecule has 30 heavy (non-hydrogen) atoms. The van der Waals surface area contributed by atoms with E-state index in [0.29, 0.717) is 35.0 Å². The van der Waals surface area contributed by atoms with Crippen molar-refractivity contribution in [3.63, 3.8) is 0 Å². The first-order valence-corrected chi connectivity index (χ1v) is 11.1. The smallest absolute Gasteiger partial charge is 0.253 e. The van der Waals surface area contributed by atoms with Gasteiger partial charge in [-0.3, -0.25) is 9.00 Å². The number of nitrogens with zero attached hydrogens (tertiary/aromatic N) is 2. The summed E-state index contributed by atoms with van der Waals surface area (Å²) in [5.41, 5.74) is 11.4. The SMILES string of the molecule is C=C(C)C(=O)N(Cc1ccc(C)c(N=C(N)C(=C)C)c1)c1cccc2c1S(=O)CC2. The van der Waals surface area contributed by atoms with E-state index in [0.717, 1.165) is 33.7 Å². The summed E-state index contributed by atoms with van der Waals surface area (Å²) in [7, 11) is -1.11. The molecule has 1 unspecified atom stereocenters. The Morgan fingerprint density at radius 1 is 1.20 bits per heavy atom. The molecule has 0 aliphatic carbocycles. The Morgan fingerprint density at radius 2 is 1.93 bits per heavy atom. The van der Waals surface area contributed by atoms with Crippen LogP contribution in [0.25, 0.3) is 0 Å². The van der Waals surface area contributed by atoms with Gasteiger partial charge in [0.25, 0.3) is 5.91 Å². The molecule has 1 heterocycles. The van der Waals surface area contributed by atoms with Crippen molar-refractivity contribution in [2.75, 3.05) is 10.7 Å². The summed E-state index contributed by atoms with van der Waals surface area (Å²) >= 11 is 0. The number of hydrogen-bond acceptors (Lipinski definition) is 3. The van der Waals surface area contributed by atoms with Gasteiger partial charge in [0.2, 0.25) is 0 Å². The highest BCUT2D eigenvalue weighted by atomic mass is 32.2. The van der Waals surface area contributed by atoms with Crippen molar-refractivity contribution in [3.05, 3.63) is 77.4 Å². The van der Waals surface area contributed by atoms with Crippen LogP contribution < -0.4 is 10.6 Å². The minimum Gasteiger partial charge on any atom is -0.383 e. The summed E-state index contributed by atoms with van der Waals surface area (Å²) in [5, 5.41) is 0. The third-order valence-electron chi connectivity index (χ3n) is 5.05. The molecule has 2 N–H and O–H groups in total. The summed E-state index contributed by atoms with van der Waals surface area (Å²) in [6.07, 6.45) is 0.758. The molecule has 6 heteroatoms. The van der Waals surface area contributed by atoms with Crippen LogP contribution in [0, 0.1) is 6.92 Å². The van der Waals surface area contributed by atoms with E-state index in [2.05, 4.69) is 18.2 Å². The summed E-state index contributed by atoms with van der Waals surface area (Å²) in [6, 6.07) is 11.6. The van der Waals surface area contributed by atoms with Gasteiger partial charge in [-0.25, -0.2) is 4.99 Å². The second-order valence-electron chi connectivity index (χ2n) is 7.63. The molecule has 0 saturated carbocycles. The molecule has 1 aliphatic heterocycles. The van der Waals surface area contributed by atoms with Crippen molar-refractivity contribution < 1.29 is 9.00 Å². The summed E-state index contributed by atoms with van der Waals surface area (Å²) in [5.74, 6) is 0.770. The number of aryl methyl sites for hydroxylation is 2. The molecule has 3 rings (SSSR count). The van der Waals surface area contributed by atoms with Crippen LogP contribution in [0.1, 0.15) is 30.5 Å². The van der Waals surface area contributed by atoms with Crippen LogP contribution in [0.2, 0.25) is 0 Å². The number of carbonyl (C=O) groups excluding carboxylic acids is 1. The van der Waals surface area contributed by atoms with Crippen LogP contribution in [-0.2, 0) is 28.6 Å². The third kappa shape index (κ3) is 4.44. The predicted molar refractivity (Wildman–Crippen MR) is 125 cm³/mol. The molecule has 2 aromatic carbocycles. The molecule has 5 nitrogen and oxygen atoms in total. The van der Waals surface area contributed by atoms with Gasteiger partial charge in [-0.2, -0.15) is 0 Å². The number of aliphatic imine (C=N–C) groups is 1.